The predicted octanol–water partition coefficient (Wildman–Crippen LogP) is 6.94. The van der Waals surface area contributed by atoms with Gasteiger partial charge in [0, 0.05) is 12.3 Å². The van der Waals surface area contributed by atoms with Gasteiger partial charge in [-0.2, -0.15) is 13.2 Å². The summed E-state index contributed by atoms with van der Waals surface area (Å²) in [7, 11) is 0. The molecular weight excluding hydrogens is 499 g/mol. The number of carbonyl (C=O) groups excluding carboxylic acids is 1. The minimum atomic E-state index is -4.68. The summed E-state index contributed by atoms with van der Waals surface area (Å²) in [6.07, 6.45) is -1.77. The normalized spacial score (nSPS) is 24.5. The first-order chi connectivity index (χ1) is 15.6. The van der Waals surface area contributed by atoms with Gasteiger partial charge in [-0.1, -0.05) is 35.3 Å². The molecule has 3 aliphatic rings. The molecule has 174 valence electrons. The van der Waals surface area contributed by atoms with E-state index in [1.165, 1.54) is 0 Å². The van der Waals surface area contributed by atoms with Gasteiger partial charge in [-0.15, -0.1) is 0 Å². The van der Waals surface area contributed by atoms with E-state index in [9.17, 15) is 22.4 Å². The Balaban J connectivity index is 1.42. The fraction of sp³-hybridized carbons (Fsp3) is 0.391. The number of alkyl halides is 3. The molecule has 2 aromatic carbocycles. The van der Waals surface area contributed by atoms with Crippen LogP contribution in [0, 0.1) is 11.7 Å². The maximum Gasteiger partial charge on any atom is 0.409 e. The molecule has 2 aromatic rings. The molecule has 10 heteroatoms. The van der Waals surface area contributed by atoms with Gasteiger partial charge in [0.05, 0.1) is 21.8 Å². The predicted molar refractivity (Wildman–Crippen MR) is 121 cm³/mol. The maximum absolute atomic E-state index is 14.3. The van der Waals surface area contributed by atoms with E-state index in [0.717, 1.165) is 48.9 Å². The van der Waals surface area contributed by atoms with Gasteiger partial charge in [0.2, 0.25) is 5.91 Å². The number of halogens is 6. The Bertz CT molecular complexity index is 1160. The van der Waals surface area contributed by atoms with Gasteiger partial charge in [-0.25, -0.2) is 8.79 Å². The summed E-state index contributed by atoms with van der Waals surface area (Å²) in [5, 5.41) is 2.15. The lowest BCUT2D eigenvalue weighted by Crippen LogP contribution is -2.38. The number of hydrogen-bond donors (Lipinski definition) is 1. The minimum Gasteiger partial charge on any atom is -0.349 e. The Hall–Kier alpha value is -1.77. The summed E-state index contributed by atoms with van der Waals surface area (Å²) in [6, 6.07) is 7.34. The van der Waals surface area contributed by atoms with Crippen molar-refractivity contribution in [1.29, 1.82) is 0 Å². The molecule has 2 unspecified atom stereocenters. The van der Waals surface area contributed by atoms with E-state index < -0.39 is 33.2 Å². The zero-order chi connectivity index (χ0) is 23.5. The number of nitrogens with one attached hydrogen (secondary N) is 1. The third-order valence-corrected chi connectivity index (χ3v) is 8.24. The molecule has 0 aromatic heterocycles. The van der Waals surface area contributed by atoms with Gasteiger partial charge < -0.3 is 5.32 Å². The number of nitrogens with zero attached hydrogens (tertiary/aromatic N) is 1. The van der Waals surface area contributed by atoms with Crippen LogP contribution in [0.1, 0.15) is 54.0 Å². The molecule has 1 N–H and O–H groups in total. The highest BCUT2D eigenvalue weighted by Gasteiger charge is 2.60. The van der Waals surface area contributed by atoms with E-state index in [1.54, 1.807) is 6.07 Å². The van der Waals surface area contributed by atoms with E-state index in [2.05, 4.69) is 9.71 Å². The number of benzene rings is 2. The Morgan fingerprint density at radius 3 is 2.45 bits per heavy atom. The Morgan fingerprint density at radius 1 is 1.12 bits per heavy atom. The van der Waals surface area contributed by atoms with Crippen molar-refractivity contribution in [3.05, 3.63) is 68.4 Å². The molecule has 1 amide bonds. The maximum atomic E-state index is 14.3. The second-order valence-electron chi connectivity index (χ2n) is 8.67. The summed E-state index contributed by atoms with van der Waals surface area (Å²) < 4.78 is 58.5. The first-order valence-electron chi connectivity index (χ1n) is 10.5. The minimum absolute atomic E-state index is 0.0695. The second kappa shape index (κ2) is 8.17. The van der Waals surface area contributed by atoms with Crippen molar-refractivity contribution in [2.45, 2.75) is 49.1 Å². The molecule has 1 fully saturated rings. The van der Waals surface area contributed by atoms with Crippen molar-refractivity contribution in [3.8, 4) is 0 Å². The Labute approximate surface area is 202 Å². The van der Waals surface area contributed by atoms with Crippen LogP contribution in [-0.4, -0.2) is 17.8 Å². The molecule has 0 spiro atoms. The van der Waals surface area contributed by atoms with Gasteiger partial charge in [-0.05, 0) is 78.1 Å². The van der Waals surface area contributed by atoms with Crippen LogP contribution in [0.15, 0.2) is 34.7 Å². The van der Waals surface area contributed by atoms with Crippen LogP contribution in [0.5, 0.6) is 0 Å². The van der Waals surface area contributed by atoms with Gasteiger partial charge in [0.1, 0.15) is 0 Å². The molecule has 1 heterocycles. The summed E-state index contributed by atoms with van der Waals surface area (Å²) >= 11 is 12.0. The molecule has 2 atom stereocenters. The van der Waals surface area contributed by atoms with E-state index >= 15 is 0 Å². The second-order valence-corrected chi connectivity index (χ2v) is 10.5. The molecule has 0 saturated heterocycles. The molecule has 1 saturated carbocycles. The zero-order valence-corrected chi connectivity index (χ0v) is 19.4. The van der Waals surface area contributed by atoms with Gasteiger partial charge in [0.25, 0.3) is 0 Å². The van der Waals surface area contributed by atoms with Crippen molar-refractivity contribution < 1.29 is 22.4 Å². The third-order valence-electron chi connectivity index (χ3n) is 6.45. The number of fused-ring (bicyclic) bond motifs is 1. The van der Waals surface area contributed by atoms with Gasteiger partial charge in [-0.3, -0.25) is 4.79 Å². The smallest absolute Gasteiger partial charge is 0.349 e. The molecule has 0 radical (unpaired) electrons. The summed E-state index contributed by atoms with van der Waals surface area (Å²) in [4.78, 5) is 12.1. The number of hydrogen-bond acceptors (Lipinski definition) is 3. The van der Waals surface area contributed by atoms with Crippen LogP contribution in [0.4, 0.5) is 17.6 Å². The van der Waals surface area contributed by atoms with E-state index in [1.807, 2.05) is 12.1 Å². The Kier molecular flexibility index (Phi) is 5.69. The average Bonchev–Trinajstić information content (AvgIpc) is 3.39. The highest BCUT2D eigenvalue weighted by atomic mass is 35.5. The summed E-state index contributed by atoms with van der Waals surface area (Å²) in [5.41, 5.74) is 2.65. The van der Waals surface area contributed by atoms with Crippen molar-refractivity contribution in [1.82, 2.24) is 5.32 Å². The molecule has 3 nitrogen and oxygen atoms in total. The first kappa shape index (κ1) is 23.0. The molecule has 0 bridgehead atoms. The van der Waals surface area contributed by atoms with E-state index in [4.69, 9.17) is 23.2 Å². The zero-order valence-electron chi connectivity index (χ0n) is 17.1. The molecule has 5 rings (SSSR count). The van der Waals surface area contributed by atoms with E-state index in [0.29, 0.717) is 23.2 Å². The van der Waals surface area contributed by atoms with Crippen molar-refractivity contribution >= 4 is 46.8 Å². The van der Waals surface area contributed by atoms with Crippen molar-refractivity contribution in [3.63, 3.8) is 0 Å². The van der Waals surface area contributed by atoms with Crippen LogP contribution in [0.3, 0.4) is 0 Å². The van der Waals surface area contributed by atoms with Gasteiger partial charge >= 0.3 is 6.18 Å². The summed E-state index contributed by atoms with van der Waals surface area (Å²) in [5.74, 6) is -0.771. The number of rotatable bonds is 4. The highest BCUT2D eigenvalue weighted by molar-refractivity contribution is 7.99. The lowest BCUT2D eigenvalue weighted by Gasteiger charge is -2.30. The quantitative estimate of drug-likeness (QED) is 0.271. The standard InChI is InChI=1S/C23H18Cl2F4N2OS/c24-16-8-14(9-17(25)20(16)26)22(23(27,28)29)10-19(31-33-22)13-3-5-15-12(7-13)4-6-18(15)30-21(32)11-1-2-11/h3,5,7-9,11,18H,1-2,4,6,10H2,(H,30,32). The molecular formula is C23H18Cl2F4N2OS. The van der Waals surface area contributed by atoms with Crippen molar-refractivity contribution in [2.75, 3.05) is 0 Å². The van der Waals surface area contributed by atoms with Crippen molar-refractivity contribution in [2.24, 2.45) is 10.3 Å². The number of amides is 1. The average molecular weight is 517 g/mol. The van der Waals surface area contributed by atoms with Gasteiger partial charge in [0.15, 0.2) is 10.6 Å². The monoisotopic (exact) mass is 516 g/mol. The van der Waals surface area contributed by atoms with Crippen LogP contribution >= 0.6 is 35.1 Å². The van der Waals surface area contributed by atoms with Crippen LogP contribution < -0.4 is 5.32 Å². The number of aryl methyl sites for hydroxylation is 1. The molecule has 2 aliphatic carbocycles. The Morgan fingerprint density at radius 2 is 1.82 bits per heavy atom. The fourth-order valence-corrected chi connectivity index (χ4v) is 5.88. The fourth-order valence-electron chi connectivity index (χ4n) is 4.43. The highest BCUT2D eigenvalue weighted by Crippen LogP contribution is 2.57. The first-order valence-corrected chi connectivity index (χ1v) is 12.0. The van der Waals surface area contributed by atoms with E-state index in [-0.39, 0.29) is 23.4 Å². The largest absolute Gasteiger partial charge is 0.409 e. The topological polar surface area (TPSA) is 41.5 Å². The third kappa shape index (κ3) is 4.04. The number of carbonyl (C=O) groups is 1. The SMILES string of the molecule is O=C(NC1CCc2cc(C3=NSC(c4cc(Cl)c(F)c(Cl)c4)(C(F)(F)F)C3)ccc21)C1CC1. The van der Waals surface area contributed by atoms with Crippen LogP contribution in [-0.2, 0) is 16.0 Å². The summed E-state index contributed by atoms with van der Waals surface area (Å²) in [6.45, 7) is 0. The lowest BCUT2D eigenvalue weighted by atomic mass is 9.89. The van der Waals surface area contributed by atoms with Crippen LogP contribution in [0.2, 0.25) is 10.0 Å². The lowest BCUT2D eigenvalue weighted by molar-refractivity contribution is -0.159. The molecule has 1 aliphatic heterocycles. The van der Waals surface area contributed by atoms with Crippen LogP contribution in [0.25, 0.3) is 0 Å². The molecule has 33 heavy (non-hydrogen) atoms.